The molecular formula is C15H14ClN3O2. The minimum absolute atomic E-state index is 0.139. The van der Waals surface area contributed by atoms with Gasteiger partial charge in [-0.1, -0.05) is 35.6 Å². The third-order valence-corrected chi connectivity index (χ3v) is 2.81. The third-order valence-electron chi connectivity index (χ3n) is 2.50. The van der Waals surface area contributed by atoms with E-state index >= 15 is 0 Å². The third kappa shape index (κ3) is 5.21. The highest BCUT2D eigenvalue weighted by molar-refractivity contribution is 6.32. The quantitative estimate of drug-likeness (QED) is 0.856. The molecule has 0 aliphatic carbocycles. The monoisotopic (exact) mass is 303 g/mol. The highest BCUT2D eigenvalue weighted by Crippen LogP contribution is 2.22. The van der Waals surface area contributed by atoms with Gasteiger partial charge in [-0.3, -0.25) is 9.48 Å². The molecule has 1 aromatic carbocycles. The molecule has 1 heterocycles. The fourth-order valence-electron chi connectivity index (χ4n) is 1.53. The Balaban J connectivity index is 1.65. The zero-order valence-electron chi connectivity index (χ0n) is 11.3. The summed E-state index contributed by atoms with van der Waals surface area (Å²) in [6.07, 6.45) is 3.35. The van der Waals surface area contributed by atoms with Crippen LogP contribution in [-0.2, 0) is 11.3 Å². The standard InChI is InChI=1S/C15H14ClN3O2/c16-13-6-1-2-7-14(13)21-11-4-3-8-17-15(20)12-19-10-5-9-18-19/h1-2,5-7,9-10H,8,11-12H2,(H,17,20). The van der Waals surface area contributed by atoms with Crippen LogP contribution in [0, 0.1) is 11.8 Å². The Morgan fingerprint density at radius 2 is 2.19 bits per heavy atom. The molecule has 0 saturated heterocycles. The summed E-state index contributed by atoms with van der Waals surface area (Å²) < 4.78 is 6.94. The van der Waals surface area contributed by atoms with E-state index in [4.69, 9.17) is 16.3 Å². The SMILES string of the molecule is O=C(Cn1cccn1)NCC#CCOc1ccccc1Cl. The van der Waals surface area contributed by atoms with Gasteiger partial charge in [0.15, 0.2) is 0 Å². The fourth-order valence-corrected chi connectivity index (χ4v) is 1.72. The molecule has 0 bridgehead atoms. The molecule has 0 atom stereocenters. The van der Waals surface area contributed by atoms with Crippen LogP contribution in [0.5, 0.6) is 5.75 Å². The van der Waals surface area contributed by atoms with E-state index in [1.165, 1.54) is 0 Å². The first-order chi connectivity index (χ1) is 10.3. The molecule has 1 N–H and O–H groups in total. The summed E-state index contributed by atoms with van der Waals surface area (Å²) in [7, 11) is 0. The smallest absolute Gasteiger partial charge is 0.242 e. The van der Waals surface area contributed by atoms with E-state index in [1.54, 1.807) is 35.3 Å². The van der Waals surface area contributed by atoms with E-state index in [-0.39, 0.29) is 25.6 Å². The maximum atomic E-state index is 11.5. The number of hydrogen-bond donors (Lipinski definition) is 1. The summed E-state index contributed by atoms with van der Waals surface area (Å²) >= 11 is 5.94. The number of carbonyl (C=O) groups excluding carboxylic acids is 1. The second-order valence-corrected chi connectivity index (χ2v) is 4.46. The van der Waals surface area contributed by atoms with Gasteiger partial charge in [-0.05, 0) is 18.2 Å². The van der Waals surface area contributed by atoms with E-state index in [9.17, 15) is 4.79 Å². The summed E-state index contributed by atoms with van der Waals surface area (Å²) in [4.78, 5) is 11.5. The Labute approximate surface area is 127 Å². The lowest BCUT2D eigenvalue weighted by Gasteiger charge is -2.03. The lowest BCUT2D eigenvalue weighted by Crippen LogP contribution is -2.28. The van der Waals surface area contributed by atoms with Gasteiger partial charge in [0.05, 0.1) is 11.6 Å². The summed E-state index contributed by atoms with van der Waals surface area (Å²) in [5.41, 5.74) is 0. The van der Waals surface area contributed by atoms with Gasteiger partial charge >= 0.3 is 0 Å². The number of nitrogens with one attached hydrogen (secondary N) is 1. The molecule has 0 fully saturated rings. The minimum atomic E-state index is -0.139. The number of hydrogen-bond acceptors (Lipinski definition) is 3. The van der Waals surface area contributed by atoms with E-state index < -0.39 is 0 Å². The number of carbonyl (C=O) groups is 1. The second-order valence-electron chi connectivity index (χ2n) is 4.05. The molecule has 1 amide bonds. The number of halogens is 1. The Morgan fingerprint density at radius 1 is 1.33 bits per heavy atom. The van der Waals surface area contributed by atoms with Crippen LogP contribution in [0.4, 0.5) is 0 Å². The molecule has 0 aliphatic rings. The lowest BCUT2D eigenvalue weighted by atomic mass is 10.3. The molecule has 0 radical (unpaired) electrons. The van der Waals surface area contributed by atoms with Gasteiger partial charge < -0.3 is 10.1 Å². The van der Waals surface area contributed by atoms with E-state index in [1.807, 2.05) is 12.1 Å². The maximum Gasteiger partial charge on any atom is 0.242 e. The van der Waals surface area contributed by atoms with Crippen molar-refractivity contribution in [3.05, 3.63) is 47.7 Å². The van der Waals surface area contributed by atoms with Crippen LogP contribution in [-0.4, -0.2) is 28.8 Å². The van der Waals surface area contributed by atoms with Crippen molar-refractivity contribution in [3.8, 4) is 17.6 Å². The average Bonchev–Trinajstić information content (AvgIpc) is 2.97. The molecule has 5 nitrogen and oxygen atoms in total. The summed E-state index contributed by atoms with van der Waals surface area (Å²) in [6, 6.07) is 8.95. The predicted molar refractivity (Wildman–Crippen MR) is 80.0 cm³/mol. The number of ether oxygens (including phenoxy) is 1. The minimum Gasteiger partial charge on any atom is -0.479 e. The molecule has 0 aliphatic heterocycles. The Kier molecular flexibility index (Phi) is 5.68. The molecule has 0 unspecified atom stereocenters. The Morgan fingerprint density at radius 3 is 2.95 bits per heavy atom. The summed E-state index contributed by atoms with van der Waals surface area (Å²) in [6.45, 7) is 0.676. The van der Waals surface area contributed by atoms with Crippen LogP contribution in [0.25, 0.3) is 0 Å². The Bertz CT molecular complexity index is 644. The fraction of sp³-hybridized carbons (Fsp3) is 0.200. The van der Waals surface area contributed by atoms with E-state index in [2.05, 4.69) is 22.3 Å². The first-order valence-electron chi connectivity index (χ1n) is 6.33. The molecule has 2 rings (SSSR count). The van der Waals surface area contributed by atoms with Gasteiger partial charge in [0.2, 0.25) is 5.91 Å². The molecule has 2 aromatic rings. The largest absolute Gasteiger partial charge is 0.479 e. The van der Waals surface area contributed by atoms with Crippen molar-refractivity contribution in [2.24, 2.45) is 0 Å². The number of rotatable bonds is 5. The summed E-state index contributed by atoms with van der Waals surface area (Å²) in [5.74, 6) is 6.07. The molecule has 6 heteroatoms. The maximum absolute atomic E-state index is 11.5. The molecule has 108 valence electrons. The van der Waals surface area contributed by atoms with Crippen molar-refractivity contribution >= 4 is 17.5 Å². The number of amides is 1. The van der Waals surface area contributed by atoms with Crippen molar-refractivity contribution in [1.82, 2.24) is 15.1 Å². The van der Waals surface area contributed by atoms with E-state index in [0.29, 0.717) is 10.8 Å². The number of aromatic nitrogens is 2. The van der Waals surface area contributed by atoms with Gasteiger partial charge in [0.25, 0.3) is 0 Å². The topological polar surface area (TPSA) is 56.2 Å². The van der Waals surface area contributed by atoms with Crippen molar-refractivity contribution in [3.63, 3.8) is 0 Å². The highest BCUT2D eigenvalue weighted by atomic mass is 35.5. The second kappa shape index (κ2) is 7.98. The molecule has 0 saturated carbocycles. The van der Waals surface area contributed by atoms with Crippen molar-refractivity contribution in [1.29, 1.82) is 0 Å². The first kappa shape index (κ1) is 14.9. The van der Waals surface area contributed by atoms with Crippen molar-refractivity contribution in [2.75, 3.05) is 13.2 Å². The van der Waals surface area contributed by atoms with Crippen LogP contribution in [0.15, 0.2) is 42.7 Å². The van der Waals surface area contributed by atoms with E-state index in [0.717, 1.165) is 0 Å². The number of benzene rings is 1. The normalized spacial score (nSPS) is 9.57. The van der Waals surface area contributed by atoms with Gasteiger partial charge in [-0.2, -0.15) is 5.10 Å². The highest BCUT2D eigenvalue weighted by Gasteiger charge is 2.00. The van der Waals surface area contributed by atoms with Gasteiger partial charge in [0, 0.05) is 12.4 Å². The molecular weight excluding hydrogens is 290 g/mol. The zero-order chi connectivity index (χ0) is 14.9. The lowest BCUT2D eigenvalue weighted by molar-refractivity contribution is -0.121. The van der Waals surface area contributed by atoms with Crippen LogP contribution in [0.3, 0.4) is 0 Å². The van der Waals surface area contributed by atoms with Crippen LogP contribution < -0.4 is 10.1 Å². The molecule has 1 aromatic heterocycles. The van der Waals surface area contributed by atoms with Crippen LogP contribution >= 0.6 is 11.6 Å². The van der Waals surface area contributed by atoms with Crippen molar-refractivity contribution in [2.45, 2.75) is 6.54 Å². The summed E-state index contributed by atoms with van der Waals surface area (Å²) in [5, 5.41) is 7.17. The Hall–Kier alpha value is -2.45. The van der Waals surface area contributed by atoms with Crippen LogP contribution in [0.1, 0.15) is 0 Å². The molecule has 21 heavy (non-hydrogen) atoms. The number of nitrogens with zero attached hydrogens (tertiary/aromatic N) is 2. The first-order valence-corrected chi connectivity index (χ1v) is 6.70. The van der Waals surface area contributed by atoms with Crippen molar-refractivity contribution < 1.29 is 9.53 Å². The molecule has 0 spiro atoms. The predicted octanol–water partition coefficient (Wildman–Crippen LogP) is 1.74. The zero-order valence-corrected chi connectivity index (χ0v) is 12.0. The van der Waals surface area contributed by atoms with Gasteiger partial charge in [-0.15, -0.1) is 0 Å². The average molecular weight is 304 g/mol. The number of para-hydroxylation sites is 1. The van der Waals surface area contributed by atoms with Crippen LogP contribution in [0.2, 0.25) is 5.02 Å². The van der Waals surface area contributed by atoms with Gasteiger partial charge in [-0.25, -0.2) is 0 Å². The van der Waals surface area contributed by atoms with Gasteiger partial charge in [0.1, 0.15) is 18.9 Å².